The van der Waals surface area contributed by atoms with Crippen molar-refractivity contribution in [3.63, 3.8) is 0 Å². The highest BCUT2D eigenvalue weighted by molar-refractivity contribution is 9.13. The molecule has 0 saturated heterocycles. The molecule has 0 radical (unpaired) electrons. The van der Waals surface area contributed by atoms with Gasteiger partial charge in [-0.05, 0) is 43.3 Å². The SMILES string of the molecule is Brc1sc2c([nH]c3sccc32)c1Br. The third-order valence-electron chi connectivity index (χ3n) is 1.96. The summed E-state index contributed by atoms with van der Waals surface area (Å²) in [5.41, 5.74) is 1.21. The Balaban J connectivity index is 2.63. The summed E-state index contributed by atoms with van der Waals surface area (Å²) >= 11 is 10.6. The van der Waals surface area contributed by atoms with Crippen molar-refractivity contribution in [1.82, 2.24) is 4.98 Å². The molecule has 13 heavy (non-hydrogen) atoms. The van der Waals surface area contributed by atoms with Crippen molar-refractivity contribution >= 4 is 75.0 Å². The van der Waals surface area contributed by atoms with Crippen LogP contribution in [0.1, 0.15) is 0 Å². The first-order valence-electron chi connectivity index (χ1n) is 3.60. The molecule has 0 saturated carbocycles. The minimum absolute atomic E-state index is 1.14. The zero-order valence-corrected chi connectivity index (χ0v) is 11.0. The van der Waals surface area contributed by atoms with Gasteiger partial charge in [0.2, 0.25) is 0 Å². The number of hydrogen-bond donors (Lipinski definition) is 1. The molecular weight excluding hydrogens is 334 g/mol. The standard InChI is InChI=1S/C8H3Br2NS2/c9-4-5-6(13-7(4)10)3-1-2-12-8(3)11-5/h1-2,11H. The first-order valence-corrected chi connectivity index (χ1v) is 6.88. The van der Waals surface area contributed by atoms with Crippen LogP contribution in [0.2, 0.25) is 0 Å². The van der Waals surface area contributed by atoms with Gasteiger partial charge < -0.3 is 4.98 Å². The molecule has 0 fully saturated rings. The minimum atomic E-state index is 1.14. The van der Waals surface area contributed by atoms with Gasteiger partial charge in [0.25, 0.3) is 0 Å². The fourth-order valence-corrected chi connectivity index (χ4v) is 4.51. The van der Waals surface area contributed by atoms with Gasteiger partial charge in [-0.1, -0.05) is 0 Å². The number of H-pyrrole nitrogens is 1. The molecule has 0 atom stereocenters. The highest BCUT2D eigenvalue weighted by atomic mass is 79.9. The highest BCUT2D eigenvalue weighted by Crippen LogP contribution is 2.43. The summed E-state index contributed by atoms with van der Waals surface area (Å²) in [7, 11) is 0. The molecule has 5 heteroatoms. The number of halogens is 2. The maximum atomic E-state index is 3.55. The van der Waals surface area contributed by atoms with Crippen LogP contribution in [-0.2, 0) is 0 Å². The van der Waals surface area contributed by atoms with E-state index in [-0.39, 0.29) is 0 Å². The Hall–Kier alpha value is 0.160. The molecule has 0 aliphatic rings. The maximum absolute atomic E-state index is 3.55. The Morgan fingerprint density at radius 2 is 2.15 bits per heavy atom. The van der Waals surface area contributed by atoms with Crippen molar-refractivity contribution in [3.8, 4) is 0 Å². The third kappa shape index (κ3) is 1.08. The van der Waals surface area contributed by atoms with Crippen molar-refractivity contribution in [3.05, 3.63) is 19.7 Å². The molecule has 3 aromatic heterocycles. The van der Waals surface area contributed by atoms with Crippen molar-refractivity contribution in [2.75, 3.05) is 0 Å². The lowest BCUT2D eigenvalue weighted by Crippen LogP contribution is -1.60. The lowest BCUT2D eigenvalue weighted by atomic mass is 10.4. The fraction of sp³-hybridized carbons (Fsp3) is 0. The Bertz CT molecular complexity index is 590. The second-order valence-corrected chi connectivity index (χ2v) is 6.73. The molecule has 3 heterocycles. The summed E-state index contributed by atoms with van der Waals surface area (Å²) in [6.45, 7) is 0. The van der Waals surface area contributed by atoms with Gasteiger partial charge in [0.05, 0.1) is 18.5 Å². The quantitative estimate of drug-likeness (QED) is 0.596. The van der Waals surface area contributed by atoms with Crippen molar-refractivity contribution in [1.29, 1.82) is 0 Å². The van der Waals surface area contributed by atoms with Crippen LogP contribution in [0.15, 0.2) is 19.7 Å². The van der Waals surface area contributed by atoms with Crippen LogP contribution in [0.5, 0.6) is 0 Å². The summed E-state index contributed by atoms with van der Waals surface area (Å²) in [4.78, 5) is 4.66. The Morgan fingerprint density at radius 1 is 1.31 bits per heavy atom. The van der Waals surface area contributed by atoms with Crippen LogP contribution >= 0.6 is 54.5 Å². The Labute approximate surface area is 99.0 Å². The molecule has 0 amide bonds. The zero-order valence-electron chi connectivity index (χ0n) is 6.23. The van der Waals surface area contributed by atoms with E-state index in [0.717, 1.165) is 8.26 Å². The van der Waals surface area contributed by atoms with Gasteiger partial charge >= 0.3 is 0 Å². The maximum Gasteiger partial charge on any atom is 0.102 e. The van der Waals surface area contributed by atoms with E-state index in [2.05, 4.69) is 48.3 Å². The predicted molar refractivity (Wildman–Crippen MR) is 67.0 cm³/mol. The van der Waals surface area contributed by atoms with E-state index in [1.54, 1.807) is 22.7 Å². The molecular formula is C8H3Br2NS2. The lowest BCUT2D eigenvalue weighted by molar-refractivity contribution is 1.58. The normalized spacial score (nSPS) is 11.8. The van der Waals surface area contributed by atoms with Crippen LogP contribution in [0.4, 0.5) is 0 Å². The van der Waals surface area contributed by atoms with Gasteiger partial charge in [-0.15, -0.1) is 22.7 Å². The summed E-state index contributed by atoms with van der Waals surface area (Å²) in [6.07, 6.45) is 0. The fourth-order valence-electron chi connectivity index (χ4n) is 1.38. The number of aromatic nitrogens is 1. The van der Waals surface area contributed by atoms with E-state index in [0.29, 0.717) is 0 Å². The molecule has 1 nitrogen and oxygen atoms in total. The number of aromatic amines is 1. The van der Waals surface area contributed by atoms with Crippen LogP contribution in [0.3, 0.4) is 0 Å². The molecule has 0 spiro atoms. The van der Waals surface area contributed by atoms with Gasteiger partial charge in [0.1, 0.15) is 4.83 Å². The van der Waals surface area contributed by atoms with Crippen LogP contribution in [-0.4, -0.2) is 4.98 Å². The minimum Gasteiger partial charge on any atom is -0.345 e. The molecule has 0 aliphatic heterocycles. The smallest absolute Gasteiger partial charge is 0.102 e. The molecule has 0 unspecified atom stereocenters. The third-order valence-corrected chi connectivity index (χ3v) is 6.27. The summed E-state index contributed by atoms with van der Waals surface area (Å²) in [6, 6.07) is 2.16. The van der Waals surface area contributed by atoms with Crippen molar-refractivity contribution in [2.45, 2.75) is 0 Å². The molecule has 0 bridgehead atoms. The van der Waals surface area contributed by atoms with Gasteiger partial charge in [-0.2, -0.15) is 0 Å². The summed E-state index contributed by atoms with van der Waals surface area (Å²) in [5, 5.41) is 3.44. The number of nitrogens with one attached hydrogen (secondary N) is 1. The van der Waals surface area contributed by atoms with E-state index in [9.17, 15) is 0 Å². The zero-order chi connectivity index (χ0) is 9.00. The van der Waals surface area contributed by atoms with Gasteiger partial charge in [0, 0.05) is 5.39 Å². The molecule has 0 aliphatic carbocycles. The monoisotopic (exact) mass is 335 g/mol. The van der Waals surface area contributed by atoms with Gasteiger partial charge in [-0.3, -0.25) is 0 Å². The van der Waals surface area contributed by atoms with Crippen molar-refractivity contribution < 1.29 is 0 Å². The van der Waals surface area contributed by atoms with E-state index >= 15 is 0 Å². The van der Waals surface area contributed by atoms with Crippen molar-refractivity contribution in [2.24, 2.45) is 0 Å². The Kier molecular flexibility index (Phi) is 1.84. The largest absolute Gasteiger partial charge is 0.345 e. The topological polar surface area (TPSA) is 15.8 Å². The number of hydrogen-bond acceptors (Lipinski definition) is 2. The second-order valence-electron chi connectivity index (χ2n) is 2.68. The average molecular weight is 337 g/mol. The van der Waals surface area contributed by atoms with E-state index in [1.165, 1.54) is 20.4 Å². The predicted octanol–water partition coefficient (Wildman–Crippen LogP) is 4.97. The van der Waals surface area contributed by atoms with E-state index < -0.39 is 0 Å². The average Bonchev–Trinajstić information content (AvgIpc) is 2.70. The summed E-state index contributed by atoms with van der Waals surface area (Å²) in [5.74, 6) is 0. The van der Waals surface area contributed by atoms with Crippen LogP contribution in [0.25, 0.3) is 20.4 Å². The molecule has 3 aromatic rings. The summed E-state index contributed by atoms with van der Waals surface area (Å²) < 4.78 is 3.62. The molecule has 3 rings (SSSR count). The van der Waals surface area contributed by atoms with Crippen LogP contribution in [0, 0.1) is 0 Å². The van der Waals surface area contributed by atoms with E-state index in [4.69, 9.17) is 0 Å². The van der Waals surface area contributed by atoms with Gasteiger partial charge in [-0.25, -0.2) is 0 Å². The highest BCUT2D eigenvalue weighted by Gasteiger charge is 2.13. The first kappa shape index (κ1) is 8.47. The number of rotatable bonds is 0. The molecule has 66 valence electrons. The lowest BCUT2D eigenvalue weighted by Gasteiger charge is -1.82. The first-order chi connectivity index (χ1) is 6.27. The second kappa shape index (κ2) is 2.82. The molecule has 0 aromatic carbocycles. The van der Waals surface area contributed by atoms with Gasteiger partial charge in [0.15, 0.2) is 0 Å². The van der Waals surface area contributed by atoms with E-state index in [1.807, 2.05) is 0 Å². The Morgan fingerprint density at radius 3 is 3.00 bits per heavy atom. The number of fused-ring (bicyclic) bond motifs is 3. The van der Waals surface area contributed by atoms with Crippen LogP contribution < -0.4 is 0 Å². The molecule has 1 N–H and O–H groups in total. The number of thiophene rings is 2.